The molecule has 4 aliphatic rings. The number of aromatic hydroxyl groups is 4. The Morgan fingerprint density at radius 2 is 0.800 bits per heavy atom. The van der Waals surface area contributed by atoms with Crippen molar-refractivity contribution in [1.29, 1.82) is 0 Å². The average Bonchev–Trinajstić information content (AvgIpc) is 0.823. The molecule has 4 heterocycles. The summed E-state index contributed by atoms with van der Waals surface area (Å²) in [7, 11) is 2.49. The second-order valence-electron chi connectivity index (χ2n) is 22.8. The minimum Gasteiger partial charge on any atom is -0.507 e. The van der Waals surface area contributed by atoms with E-state index < -0.39 is 159 Å². The van der Waals surface area contributed by atoms with Crippen molar-refractivity contribution in [1.82, 2.24) is 21.3 Å². The number of carbonyl (C=O) groups is 4. The lowest BCUT2D eigenvalue weighted by molar-refractivity contribution is -0.325. The second kappa shape index (κ2) is 31.6. The van der Waals surface area contributed by atoms with Crippen LogP contribution in [0.15, 0.2) is 72.8 Å². The van der Waals surface area contributed by atoms with Crippen molar-refractivity contribution in [2.45, 2.75) is 177 Å². The van der Waals surface area contributed by atoms with Gasteiger partial charge in [-0.3, -0.25) is 19.2 Å². The third-order valence-electron chi connectivity index (χ3n) is 16.2. The highest BCUT2D eigenvalue weighted by Gasteiger charge is 2.54. The van der Waals surface area contributed by atoms with Crippen LogP contribution >= 0.6 is 0 Å². The first-order valence-electron chi connectivity index (χ1n) is 29.3. The van der Waals surface area contributed by atoms with Crippen LogP contribution in [0, 0.1) is 13.8 Å². The highest BCUT2D eigenvalue weighted by molar-refractivity contribution is 5.83. The molecule has 90 heavy (non-hydrogen) atoms. The van der Waals surface area contributed by atoms with Crippen LogP contribution in [0.4, 0.5) is 0 Å². The molecule has 20 unspecified atom stereocenters. The number of rotatable bonds is 20. The highest BCUT2D eigenvalue weighted by Crippen LogP contribution is 2.39. The lowest BCUT2D eigenvalue weighted by Gasteiger charge is -2.47. The molecule has 8 rings (SSSR count). The maximum Gasteiger partial charge on any atom is 0.252 e. The van der Waals surface area contributed by atoms with Crippen molar-refractivity contribution in [3.05, 3.63) is 95.1 Å². The number of hydrogen-bond acceptors (Lipinski definition) is 24. The molecule has 0 saturated carbocycles. The number of methoxy groups -OCH3 is 2. The second-order valence-corrected chi connectivity index (χ2v) is 22.8. The number of aliphatic hydroxyl groups excluding tert-OH is 8. The zero-order valence-electron chi connectivity index (χ0n) is 51.0. The number of amides is 4. The number of nitrogens with one attached hydrogen (secondary N) is 4. The van der Waals surface area contributed by atoms with Gasteiger partial charge in [0.15, 0.2) is 24.8 Å². The zero-order chi connectivity index (χ0) is 66.0. The van der Waals surface area contributed by atoms with Gasteiger partial charge in [-0.05, 0) is 100 Å². The quantitative estimate of drug-likeness (QED) is 0.0476. The number of phenolic OH excluding ortho intramolecular Hbond substituents is 4. The molecule has 28 heteroatoms. The monoisotopic (exact) mass is 1270 g/mol. The van der Waals surface area contributed by atoms with Crippen LogP contribution in [0.1, 0.15) is 49.9 Å². The summed E-state index contributed by atoms with van der Waals surface area (Å²) >= 11 is 0. The molecular formula is C62H84N4O24. The van der Waals surface area contributed by atoms with E-state index in [9.17, 15) is 80.5 Å². The van der Waals surface area contributed by atoms with Gasteiger partial charge in [0.1, 0.15) is 96.2 Å². The highest BCUT2D eigenvalue weighted by atomic mass is 16.7. The molecule has 0 bridgehead atoms. The molecular weight excluding hydrogens is 1180 g/mol. The van der Waals surface area contributed by atoms with E-state index in [1.165, 1.54) is 40.2 Å². The molecule has 4 fully saturated rings. The van der Waals surface area contributed by atoms with E-state index in [4.69, 9.17) is 37.9 Å². The molecule has 496 valence electrons. The van der Waals surface area contributed by atoms with Crippen molar-refractivity contribution in [2.24, 2.45) is 0 Å². The van der Waals surface area contributed by atoms with Crippen LogP contribution in [0.2, 0.25) is 0 Å². The molecule has 28 nitrogen and oxygen atoms in total. The Bertz CT molecular complexity index is 2880. The Hall–Kier alpha value is -6.68. The number of carbonyl (C=O) groups excluding carboxylic acids is 4. The van der Waals surface area contributed by atoms with Crippen molar-refractivity contribution < 1.29 is 118 Å². The van der Waals surface area contributed by atoms with Crippen molar-refractivity contribution >= 4 is 23.6 Å². The first-order valence-corrected chi connectivity index (χ1v) is 29.3. The van der Waals surface area contributed by atoms with Gasteiger partial charge in [-0.25, -0.2) is 0 Å². The zero-order valence-corrected chi connectivity index (χ0v) is 51.0. The minimum absolute atomic E-state index is 0.0110. The van der Waals surface area contributed by atoms with Gasteiger partial charge in [0.2, 0.25) is 11.8 Å². The number of hydrogen-bond donors (Lipinski definition) is 16. The van der Waals surface area contributed by atoms with Gasteiger partial charge < -0.3 is 120 Å². The summed E-state index contributed by atoms with van der Waals surface area (Å²) in [6, 6.07) is 18.0. The summed E-state index contributed by atoms with van der Waals surface area (Å²) in [5.74, 6) is -2.26. The molecule has 4 aromatic carbocycles. The van der Waals surface area contributed by atoms with Gasteiger partial charge in [0.05, 0.1) is 37.5 Å². The fraction of sp³-hybridized carbons (Fsp3) is 0.548. The number of aliphatic hydroxyl groups is 8. The minimum atomic E-state index is -1.71. The van der Waals surface area contributed by atoms with E-state index in [1.807, 2.05) is 13.8 Å². The Morgan fingerprint density at radius 3 is 1.12 bits per heavy atom. The summed E-state index contributed by atoms with van der Waals surface area (Å²) in [6.07, 6.45) is -23.7. The fourth-order valence-electron chi connectivity index (χ4n) is 11.4. The predicted octanol–water partition coefficient (Wildman–Crippen LogP) is -1.55. The number of ether oxygens (including phenoxy) is 8. The topological polar surface area (TPSA) is 433 Å². The first-order chi connectivity index (χ1) is 42.7. The maximum absolute atomic E-state index is 13.3. The van der Waals surface area contributed by atoms with E-state index >= 15 is 0 Å². The van der Waals surface area contributed by atoms with Crippen LogP contribution in [-0.4, -0.2) is 248 Å². The summed E-state index contributed by atoms with van der Waals surface area (Å²) in [5, 5.41) is 137. The van der Waals surface area contributed by atoms with Crippen LogP contribution in [0.5, 0.6) is 23.0 Å². The standard InChI is InChI=1S/2C31H42N2O12/c2*1-14-5-7-20(36)18(11-14)19-12-17(6-8-21(19)37)9-10-32-30(41)29-28(42-4)25(39)26(40)31(45-29)44-27-23(33-16(3)35)15(2)43-22(13-34)24(27)38/h2*5-8,11-12,15,22-29,31,34,36-40H,9-10,13H2,1-4H3,(H,32,41)(H,33,35). The van der Waals surface area contributed by atoms with Gasteiger partial charge in [-0.2, -0.15) is 0 Å². The van der Waals surface area contributed by atoms with Gasteiger partial charge in [0, 0.05) is 63.4 Å². The number of phenols is 4. The largest absolute Gasteiger partial charge is 0.507 e. The van der Waals surface area contributed by atoms with Gasteiger partial charge >= 0.3 is 0 Å². The molecule has 4 aliphatic heterocycles. The normalized spacial score (nSPS) is 31.7. The number of aryl methyl sites for hydroxylation is 2. The molecule has 0 spiro atoms. The van der Waals surface area contributed by atoms with Crippen LogP contribution < -0.4 is 21.3 Å². The maximum atomic E-state index is 13.3. The summed E-state index contributed by atoms with van der Waals surface area (Å²) < 4.78 is 45.2. The van der Waals surface area contributed by atoms with E-state index in [2.05, 4.69) is 21.3 Å². The first kappa shape index (κ1) is 70.8. The van der Waals surface area contributed by atoms with Gasteiger partial charge in [-0.1, -0.05) is 35.4 Å². The SMILES string of the molecule is COC1C(C(=O)NCCc2ccc(O)c(-c3cc(C)ccc3O)c2)OC(OC2C(O)C(CO)OC(C)C2NC(C)=O)C(O)C1O.COC1C(C(=O)NCCc2ccc(O)c(-c3cc(C)ccc3O)c2)OC(OC2C(O)C(CO)OC(C)C2NC(C)=O)C(O)C1O. The van der Waals surface area contributed by atoms with E-state index in [1.54, 1.807) is 74.5 Å². The van der Waals surface area contributed by atoms with Crippen LogP contribution in [-0.2, 0) is 69.9 Å². The fourth-order valence-corrected chi connectivity index (χ4v) is 11.4. The Labute approximate surface area is 519 Å². The third kappa shape index (κ3) is 16.7. The van der Waals surface area contributed by atoms with E-state index in [-0.39, 0.29) is 36.1 Å². The molecule has 20 atom stereocenters. The molecule has 16 N–H and O–H groups in total. The Kier molecular flexibility index (Phi) is 24.8. The van der Waals surface area contributed by atoms with Crippen LogP contribution in [0.25, 0.3) is 22.3 Å². The summed E-state index contributed by atoms with van der Waals surface area (Å²) in [5.41, 5.74) is 5.08. The molecule has 0 aliphatic carbocycles. The molecule has 0 aromatic heterocycles. The Morgan fingerprint density at radius 1 is 0.467 bits per heavy atom. The summed E-state index contributed by atoms with van der Waals surface area (Å²) in [4.78, 5) is 50.3. The summed E-state index contributed by atoms with van der Waals surface area (Å²) in [6.45, 7) is 8.59. The lowest BCUT2D eigenvalue weighted by atomic mass is 9.92. The molecule has 0 radical (unpaired) electrons. The Balaban J connectivity index is 0.000000256. The van der Waals surface area contributed by atoms with Gasteiger partial charge in [-0.15, -0.1) is 0 Å². The molecule has 4 aromatic rings. The number of benzene rings is 4. The molecule has 4 saturated heterocycles. The average molecular weight is 1270 g/mol. The smallest absolute Gasteiger partial charge is 0.252 e. The van der Waals surface area contributed by atoms with Crippen molar-refractivity contribution in [3.63, 3.8) is 0 Å². The third-order valence-corrected chi connectivity index (χ3v) is 16.2. The van der Waals surface area contributed by atoms with E-state index in [0.717, 1.165) is 22.3 Å². The van der Waals surface area contributed by atoms with Gasteiger partial charge in [0.25, 0.3) is 11.8 Å². The predicted molar refractivity (Wildman–Crippen MR) is 316 cm³/mol. The van der Waals surface area contributed by atoms with E-state index in [0.29, 0.717) is 35.1 Å². The van der Waals surface area contributed by atoms with Crippen molar-refractivity contribution in [3.8, 4) is 45.3 Å². The van der Waals surface area contributed by atoms with Crippen LogP contribution in [0.3, 0.4) is 0 Å². The van der Waals surface area contributed by atoms with Crippen molar-refractivity contribution in [2.75, 3.05) is 40.5 Å². The lowest BCUT2D eigenvalue weighted by Crippen LogP contribution is -2.68. The molecule has 4 amide bonds.